The molecule has 0 heterocycles. The first-order chi connectivity index (χ1) is 8.70. The number of benzene rings is 1. The van der Waals surface area contributed by atoms with Gasteiger partial charge in [0.05, 0.1) is 18.6 Å². The molecule has 0 amide bonds. The molecule has 1 aromatic carbocycles. The van der Waals surface area contributed by atoms with Crippen molar-refractivity contribution in [1.82, 2.24) is 4.90 Å². The first-order valence-corrected chi connectivity index (χ1v) is 6.51. The highest BCUT2D eigenvalue weighted by Crippen LogP contribution is 2.31. The fraction of sp³-hybridized carbons (Fsp3) is 0.533. The van der Waals surface area contributed by atoms with Gasteiger partial charge in [0, 0.05) is 12.6 Å². The first-order valence-electron chi connectivity index (χ1n) is 6.51. The van der Waals surface area contributed by atoms with Crippen LogP contribution in [-0.4, -0.2) is 29.7 Å². The number of nitrogens with zero attached hydrogens (tertiary/aromatic N) is 2. The van der Waals surface area contributed by atoms with Gasteiger partial charge in [-0.3, -0.25) is 4.90 Å². The van der Waals surface area contributed by atoms with E-state index in [0.717, 1.165) is 19.4 Å². The van der Waals surface area contributed by atoms with Crippen LogP contribution < -0.4 is 0 Å². The van der Waals surface area contributed by atoms with Gasteiger partial charge in [-0.25, -0.2) is 0 Å². The van der Waals surface area contributed by atoms with Gasteiger partial charge in [0.1, 0.15) is 0 Å². The van der Waals surface area contributed by atoms with E-state index in [9.17, 15) is 5.11 Å². The van der Waals surface area contributed by atoms with Gasteiger partial charge in [0.25, 0.3) is 0 Å². The predicted molar refractivity (Wildman–Crippen MR) is 70.8 cm³/mol. The SMILES string of the molecule is CN(CC1CC(O)C1)C(CC#N)c1ccccc1. The summed E-state index contributed by atoms with van der Waals surface area (Å²) in [7, 11) is 2.07. The van der Waals surface area contributed by atoms with E-state index in [1.165, 1.54) is 5.56 Å². The Kier molecular flexibility index (Phi) is 4.35. The average Bonchev–Trinajstić information content (AvgIpc) is 2.35. The first kappa shape index (κ1) is 13.1. The van der Waals surface area contributed by atoms with Gasteiger partial charge in [-0.05, 0) is 31.4 Å². The Morgan fingerprint density at radius 1 is 1.39 bits per heavy atom. The average molecular weight is 244 g/mol. The highest BCUT2D eigenvalue weighted by Gasteiger charge is 2.29. The van der Waals surface area contributed by atoms with Crippen LogP contribution in [0.4, 0.5) is 0 Å². The number of rotatable bonds is 5. The Labute approximate surface area is 109 Å². The van der Waals surface area contributed by atoms with Crippen LogP contribution in [0.15, 0.2) is 30.3 Å². The van der Waals surface area contributed by atoms with Crippen LogP contribution in [0.2, 0.25) is 0 Å². The molecule has 1 aromatic rings. The monoisotopic (exact) mass is 244 g/mol. The minimum absolute atomic E-state index is 0.102. The third-order valence-electron chi connectivity index (χ3n) is 3.76. The molecule has 0 bridgehead atoms. The normalized spacial score (nSPS) is 24.3. The van der Waals surface area contributed by atoms with Gasteiger partial charge in [-0.2, -0.15) is 5.26 Å². The Bertz CT molecular complexity index is 406. The lowest BCUT2D eigenvalue weighted by Crippen LogP contribution is -2.38. The highest BCUT2D eigenvalue weighted by molar-refractivity contribution is 5.20. The third-order valence-corrected chi connectivity index (χ3v) is 3.76. The molecule has 1 unspecified atom stereocenters. The number of hydrogen-bond donors (Lipinski definition) is 1. The van der Waals surface area contributed by atoms with E-state index in [1.54, 1.807) is 0 Å². The molecule has 2 rings (SSSR count). The van der Waals surface area contributed by atoms with E-state index in [0.29, 0.717) is 12.3 Å². The van der Waals surface area contributed by atoms with E-state index in [4.69, 9.17) is 5.26 Å². The number of hydrogen-bond acceptors (Lipinski definition) is 3. The standard InChI is InChI=1S/C15H20N2O/c1-17(11-12-9-14(18)10-12)15(7-8-16)13-5-3-2-4-6-13/h2-6,12,14-15,18H,7,9-11H2,1H3. The molecule has 1 fully saturated rings. The lowest BCUT2D eigenvalue weighted by Gasteiger charge is -2.37. The molecule has 0 aromatic heterocycles. The van der Waals surface area contributed by atoms with Crippen molar-refractivity contribution < 1.29 is 5.11 Å². The molecule has 1 saturated carbocycles. The van der Waals surface area contributed by atoms with E-state index >= 15 is 0 Å². The number of nitriles is 1. The third kappa shape index (κ3) is 3.10. The summed E-state index contributed by atoms with van der Waals surface area (Å²) >= 11 is 0. The zero-order valence-electron chi connectivity index (χ0n) is 10.8. The summed E-state index contributed by atoms with van der Waals surface area (Å²) in [5, 5.41) is 18.3. The number of aliphatic hydroxyl groups is 1. The maximum atomic E-state index is 9.32. The lowest BCUT2D eigenvalue weighted by atomic mass is 9.82. The minimum Gasteiger partial charge on any atom is -0.393 e. The van der Waals surface area contributed by atoms with E-state index in [1.807, 2.05) is 18.2 Å². The second kappa shape index (κ2) is 5.99. The van der Waals surface area contributed by atoms with Crippen LogP contribution in [0, 0.1) is 17.2 Å². The molecule has 3 nitrogen and oxygen atoms in total. The summed E-state index contributed by atoms with van der Waals surface area (Å²) in [5.41, 5.74) is 1.20. The molecule has 3 heteroatoms. The zero-order chi connectivity index (χ0) is 13.0. The van der Waals surface area contributed by atoms with Crippen LogP contribution >= 0.6 is 0 Å². The topological polar surface area (TPSA) is 47.3 Å². The van der Waals surface area contributed by atoms with Crippen LogP contribution in [0.1, 0.15) is 30.9 Å². The van der Waals surface area contributed by atoms with Gasteiger partial charge in [-0.15, -0.1) is 0 Å². The zero-order valence-corrected chi connectivity index (χ0v) is 10.8. The lowest BCUT2D eigenvalue weighted by molar-refractivity contribution is 0.0221. The van der Waals surface area contributed by atoms with Crippen molar-refractivity contribution in [2.45, 2.75) is 31.4 Å². The summed E-state index contributed by atoms with van der Waals surface area (Å²) in [6.45, 7) is 0.957. The maximum Gasteiger partial charge on any atom is 0.0641 e. The molecule has 0 radical (unpaired) electrons. The van der Waals surface area contributed by atoms with Crippen molar-refractivity contribution in [3.8, 4) is 6.07 Å². The van der Waals surface area contributed by atoms with Crippen molar-refractivity contribution >= 4 is 0 Å². The molecule has 96 valence electrons. The summed E-state index contributed by atoms with van der Waals surface area (Å²) in [4.78, 5) is 2.25. The molecular weight excluding hydrogens is 224 g/mol. The summed E-state index contributed by atoms with van der Waals surface area (Å²) < 4.78 is 0. The molecular formula is C15H20N2O. The van der Waals surface area contributed by atoms with Crippen molar-refractivity contribution in [2.75, 3.05) is 13.6 Å². The van der Waals surface area contributed by atoms with Gasteiger partial charge < -0.3 is 5.11 Å². The van der Waals surface area contributed by atoms with Gasteiger partial charge >= 0.3 is 0 Å². The molecule has 0 spiro atoms. The van der Waals surface area contributed by atoms with Crippen molar-refractivity contribution in [1.29, 1.82) is 5.26 Å². The van der Waals surface area contributed by atoms with Gasteiger partial charge in [0.2, 0.25) is 0 Å². The smallest absolute Gasteiger partial charge is 0.0641 e. The Morgan fingerprint density at radius 2 is 2.06 bits per heavy atom. The van der Waals surface area contributed by atoms with E-state index in [-0.39, 0.29) is 12.1 Å². The Morgan fingerprint density at radius 3 is 2.61 bits per heavy atom. The second-order valence-electron chi connectivity index (χ2n) is 5.22. The molecule has 1 atom stereocenters. The van der Waals surface area contributed by atoms with Crippen LogP contribution in [-0.2, 0) is 0 Å². The van der Waals surface area contributed by atoms with Gasteiger partial charge in [-0.1, -0.05) is 30.3 Å². The minimum atomic E-state index is -0.102. The largest absolute Gasteiger partial charge is 0.393 e. The van der Waals surface area contributed by atoms with Crippen LogP contribution in [0.5, 0.6) is 0 Å². The highest BCUT2D eigenvalue weighted by atomic mass is 16.3. The fourth-order valence-electron chi connectivity index (χ4n) is 2.67. The molecule has 18 heavy (non-hydrogen) atoms. The molecule has 1 N–H and O–H groups in total. The summed E-state index contributed by atoms with van der Waals surface area (Å²) in [6.07, 6.45) is 2.21. The Hall–Kier alpha value is -1.37. The summed E-state index contributed by atoms with van der Waals surface area (Å²) in [6, 6.07) is 12.6. The maximum absolute atomic E-state index is 9.32. The van der Waals surface area contributed by atoms with E-state index in [2.05, 4.69) is 30.1 Å². The quantitative estimate of drug-likeness (QED) is 0.865. The van der Waals surface area contributed by atoms with Crippen molar-refractivity contribution in [3.05, 3.63) is 35.9 Å². The van der Waals surface area contributed by atoms with Crippen LogP contribution in [0.3, 0.4) is 0 Å². The van der Waals surface area contributed by atoms with E-state index < -0.39 is 0 Å². The second-order valence-corrected chi connectivity index (χ2v) is 5.22. The summed E-state index contributed by atoms with van der Waals surface area (Å²) in [5.74, 6) is 0.579. The molecule has 1 aliphatic carbocycles. The molecule has 0 aliphatic heterocycles. The number of aliphatic hydroxyl groups excluding tert-OH is 1. The fourth-order valence-corrected chi connectivity index (χ4v) is 2.67. The van der Waals surface area contributed by atoms with Crippen molar-refractivity contribution in [2.24, 2.45) is 5.92 Å². The van der Waals surface area contributed by atoms with Crippen LogP contribution in [0.25, 0.3) is 0 Å². The van der Waals surface area contributed by atoms with Crippen molar-refractivity contribution in [3.63, 3.8) is 0 Å². The Balaban J connectivity index is 1.99. The predicted octanol–water partition coefficient (Wildman–Crippen LogP) is 2.34. The molecule has 1 aliphatic rings. The van der Waals surface area contributed by atoms with Gasteiger partial charge in [0.15, 0.2) is 0 Å². The molecule has 0 saturated heterocycles.